The van der Waals surface area contributed by atoms with Crippen molar-refractivity contribution in [3.05, 3.63) is 39.8 Å². The number of carbonyl (C=O) groups excluding carboxylic acids is 2. The zero-order chi connectivity index (χ0) is 15.7. The van der Waals surface area contributed by atoms with Crippen LogP contribution in [0.2, 0.25) is 0 Å². The highest BCUT2D eigenvalue weighted by Crippen LogP contribution is 2.25. The quantitative estimate of drug-likeness (QED) is 0.815. The Morgan fingerprint density at radius 3 is 2.91 bits per heavy atom. The number of amides is 1. The molecule has 0 N–H and O–H groups in total. The van der Waals surface area contributed by atoms with Crippen LogP contribution < -0.4 is 0 Å². The molecule has 1 unspecified atom stereocenters. The third kappa shape index (κ3) is 2.83. The van der Waals surface area contributed by atoms with E-state index in [4.69, 9.17) is 0 Å². The van der Waals surface area contributed by atoms with Gasteiger partial charge >= 0.3 is 0 Å². The van der Waals surface area contributed by atoms with Crippen molar-refractivity contribution in [3.8, 4) is 0 Å². The van der Waals surface area contributed by atoms with Crippen LogP contribution in [0.15, 0.2) is 23.7 Å². The smallest absolute Gasteiger partial charge is 0.274 e. The van der Waals surface area contributed by atoms with Crippen molar-refractivity contribution < 1.29 is 9.59 Å². The molecule has 1 amide bonds. The number of carbonyl (C=O) groups is 2. The maximum atomic E-state index is 12.7. The Morgan fingerprint density at radius 2 is 2.27 bits per heavy atom. The molecule has 0 saturated carbocycles. The molecule has 0 radical (unpaired) electrons. The first kappa shape index (κ1) is 15.0. The lowest BCUT2D eigenvalue weighted by molar-refractivity contribution is 0.0710. The van der Waals surface area contributed by atoms with Gasteiger partial charge < -0.3 is 4.90 Å². The fourth-order valence-electron chi connectivity index (χ4n) is 3.02. The Morgan fingerprint density at radius 1 is 1.45 bits per heavy atom. The van der Waals surface area contributed by atoms with Gasteiger partial charge in [0, 0.05) is 37.8 Å². The van der Waals surface area contributed by atoms with Gasteiger partial charge in [-0.15, -0.1) is 11.3 Å². The van der Waals surface area contributed by atoms with Gasteiger partial charge in [0.15, 0.2) is 11.5 Å². The van der Waals surface area contributed by atoms with E-state index in [1.165, 1.54) is 11.3 Å². The molecular weight excluding hydrogens is 298 g/mol. The maximum Gasteiger partial charge on any atom is 0.274 e. The van der Waals surface area contributed by atoms with Gasteiger partial charge in [0.25, 0.3) is 5.91 Å². The first-order valence-electron chi connectivity index (χ1n) is 7.44. The van der Waals surface area contributed by atoms with Gasteiger partial charge in [0.1, 0.15) is 0 Å². The van der Waals surface area contributed by atoms with E-state index >= 15 is 0 Å². The van der Waals surface area contributed by atoms with Crippen molar-refractivity contribution in [2.75, 3.05) is 6.54 Å². The second-order valence-corrected chi connectivity index (χ2v) is 6.68. The minimum Gasteiger partial charge on any atom is -0.334 e. The van der Waals surface area contributed by atoms with Gasteiger partial charge in [-0.05, 0) is 31.2 Å². The molecule has 116 valence electrons. The summed E-state index contributed by atoms with van der Waals surface area (Å²) in [6.07, 6.45) is 4.07. The minimum absolute atomic E-state index is 0.0106. The molecule has 0 aromatic carbocycles. The lowest BCUT2D eigenvalue weighted by Crippen LogP contribution is -2.37. The van der Waals surface area contributed by atoms with Gasteiger partial charge in [-0.25, -0.2) is 0 Å². The number of likely N-dealkylation sites (tertiary alicyclic amines) is 1. The summed E-state index contributed by atoms with van der Waals surface area (Å²) in [4.78, 5) is 27.6. The van der Waals surface area contributed by atoms with E-state index in [0.29, 0.717) is 18.7 Å². The summed E-state index contributed by atoms with van der Waals surface area (Å²) < 4.78 is 1.66. The number of Topliss-reactive ketones (excluding diaryl/α,β-unsaturated/α-hetero) is 1. The van der Waals surface area contributed by atoms with Crippen molar-refractivity contribution >= 4 is 23.0 Å². The van der Waals surface area contributed by atoms with Crippen LogP contribution in [0, 0.1) is 6.92 Å². The van der Waals surface area contributed by atoms with E-state index in [1.807, 2.05) is 42.6 Å². The third-order valence-electron chi connectivity index (χ3n) is 4.07. The topological polar surface area (TPSA) is 55.2 Å². The Kier molecular flexibility index (Phi) is 4.11. The molecule has 1 fully saturated rings. The fraction of sp³-hybridized carbons (Fsp3) is 0.438. The highest BCUT2D eigenvalue weighted by molar-refractivity contribution is 7.12. The van der Waals surface area contributed by atoms with Gasteiger partial charge in [-0.2, -0.15) is 5.10 Å². The number of aromatic nitrogens is 2. The van der Waals surface area contributed by atoms with Crippen LogP contribution in [0.25, 0.3) is 0 Å². The van der Waals surface area contributed by atoms with E-state index < -0.39 is 0 Å². The highest BCUT2D eigenvalue weighted by atomic mass is 32.1. The van der Waals surface area contributed by atoms with Crippen LogP contribution in [0.5, 0.6) is 0 Å². The van der Waals surface area contributed by atoms with Crippen LogP contribution in [0.1, 0.15) is 45.0 Å². The largest absolute Gasteiger partial charge is 0.334 e. The average molecular weight is 317 g/mol. The number of nitrogens with zero attached hydrogens (tertiary/aromatic N) is 3. The molecule has 2 aromatic rings. The highest BCUT2D eigenvalue weighted by Gasteiger charge is 2.33. The number of aryl methyl sites for hydroxylation is 2. The second-order valence-electron chi connectivity index (χ2n) is 5.73. The van der Waals surface area contributed by atoms with Crippen molar-refractivity contribution in [1.29, 1.82) is 0 Å². The molecule has 6 heteroatoms. The van der Waals surface area contributed by atoms with Crippen LogP contribution in [-0.4, -0.2) is 39.0 Å². The molecule has 1 atom stereocenters. The van der Waals surface area contributed by atoms with Crippen molar-refractivity contribution in [2.45, 2.75) is 32.2 Å². The number of rotatable bonds is 4. The molecule has 0 bridgehead atoms. The van der Waals surface area contributed by atoms with Gasteiger partial charge in [-0.1, -0.05) is 6.07 Å². The molecule has 3 rings (SSSR count). The van der Waals surface area contributed by atoms with Crippen LogP contribution in [-0.2, 0) is 7.05 Å². The Balaban J connectivity index is 1.74. The standard InChI is InChI=1S/C16H19N3O2S/c1-11-10-18(2)17-15(11)16(21)19-7-3-5-12(19)9-13(20)14-6-4-8-22-14/h4,6,8,10,12H,3,5,7,9H2,1-2H3. The lowest BCUT2D eigenvalue weighted by atomic mass is 10.1. The zero-order valence-electron chi connectivity index (χ0n) is 12.8. The predicted octanol–water partition coefficient (Wildman–Crippen LogP) is 2.67. The number of hydrogen-bond donors (Lipinski definition) is 0. The molecule has 22 heavy (non-hydrogen) atoms. The van der Waals surface area contributed by atoms with E-state index in [-0.39, 0.29) is 17.7 Å². The molecule has 2 aromatic heterocycles. The number of hydrogen-bond acceptors (Lipinski definition) is 4. The average Bonchev–Trinajstić information content (AvgIpc) is 3.19. The normalized spacial score (nSPS) is 17.9. The summed E-state index contributed by atoms with van der Waals surface area (Å²) in [6.45, 7) is 2.60. The van der Waals surface area contributed by atoms with E-state index in [2.05, 4.69) is 5.10 Å². The maximum absolute atomic E-state index is 12.7. The second kappa shape index (κ2) is 6.04. The molecular formula is C16H19N3O2S. The SMILES string of the molecule is Cc1cn(C)nc1C(=O)N1CCCC1CC(=O)c1cccs1. The van der Waals surface area contributed by atoms with Crippen molar-refractivity contribution in [2.24, 2.45) is 7.05 Å². The van der Waals surface area contributed by atoms with Crippen LogP contribution >= 0.6 is 11.3 Å². The summed E-state index contributed by atoms with van der Waals surface area (Å²) in [6, 6.07) is 3.72. The van der Waals surface area contributed by atoms with E-state index in [0.717, 1.165) is 23.3 Å². The van der Waals surface area contributed by atoms with Gasteiger partial charge in [0.2, 0.25) is 0 Å². The monoisotopic (exact) mass is 317 g/mol. The fourth-order valence-corrected chi connectivity index (χ4v) is 3.70. The van der Waals surface area contributed by atoms with E-state index in [1.54, 1.807) is 4.68 Å². The Bertz CT molecular complexity index is 690. The summed E-state index contributed by atoms with van der Waals surface area (Å²) >= 11 is 1.46. The summed E-state index contributed by atoms with van der Waals surface area (Å²) in [5.74, 6) is 0.0667. The molecule has 0 aliphatic carbocycles. The summed E-state index contributed by atoms with van der Waals surface area (Å²) in [7, 11) is 1.81. The summed E-state index contributed by atoms with van der Waals surface area (Å²) in [5.41, 5.74) is 1.38. The van der Waals surface area contributed by atoms with Gasteiger partial charge in [-0.3, -0.25) is 14.3 Å². The van der Waals surface area contributed by atoms with Crippen LogP contribution in [0.3, 0.4) is 0 Å². The van der Waals surface area contributed by atoms with E-state index in [9.17, 15) is 9.59 Å². The lowest BCUT2D eigenvalue weighted by Gasteiger charge is -2.23. The molecule has 1 aliphatic rings. The third-order valence-corrected chi connectivity index (χ3v) is 4.98. The molecule has 1 aliphatic heterocycles. The first-order valence-corrected chi connectivity index (χ1v) is 8.32. The Hall–Kier alpha value is -1.95. The first-order chi connectivity index (χ1) is 10.6. The number of thiophene rings is 1. The molecule has 1 saturated heterocycles. The number of ketones is 1. The molecule has 3 heterocycles. The van der Waals surface area contributed by atoms with Crippen LogP contribution in [0.4, 0.5) is 0 Å². The van der Waals surface area contributed by atoms with Crippen molar-refractivity contribution in [3.63, 3.8) is 0 Å². The summed E-state index contributed by atoms with van der Waals surface area (Å²) in [5, 5.41) is 6.17. The molecule has 5 nitrogen and oxygen atoms in total. The minimum atomic E-state index is -0.0559. The van der Waals surface area contributed by atoms with Crippen molar-refractivity contribution in [1.82, 2.24) is 14.7 Å². The zero-order valence-corrected chi connectivity index (χ0v) is 13.6. The van der Waals surface area contributed by atoms with Gasteiger partial charge in [0.05, 0.1) is 4.88 Å². The predicted molar refractivity (Wildman–Crippen MR) is 85.3 cm³/mol. The Labute approximate surface area is 133 Å². The molecule has 0 spiro atoms.